The molecule has 5 nitrogen and oxygen atoms in total. The molecule has 1 aliphatic carbocycles. The molecule has 1 aromatic heterocycles. The number of hydrogen-bond acceptors (Lipinski definition) is 3. The van der Waals surface area contributed by atoms with Gasteiger partial charge in [-0.15, -0.1) is 0 Å². The van der Waals surface area contributed by atoms with E-state index in [1.807, 2.05) is 12.2 Å². The molecule has 0 fully saturated rings. The average molecular weight is 232 g/mol. The topological polar surface area (TPSA) is 79.3 Å². The molecular weight excluding hydrogens is 220 g/mol. The Kier molecular flexibility index (Phi) is 3.18. The van der Waals surface area contributed by atoms with Crippen LogP contribution in [0.4, 0.5) is 5.82 Å². The standard InChI is InChI=1S/C12H12N2O3/c15-11(8-3-1-2-4-8)14-10-7-9(12(16)17)5-6-13-10/h1-2,5-8H,3-4H2,(H,16,17)(H,13,14,15). The third-order valence-electron chi connectivity index (χ3n) is 2.64. The number of amides is 1. The number of nitrogens with zero attached hydrogens (tertiary/aromatic N) is 1. The van der Waals surface area contributed by atoms with Crippen LogP contribution < -0.4 is 5.32 Å². The lowest BCUT2D eigenvalue weighted by Gasteiger charge is -2.09. The fourth-order valence-corrected chi connectivity index (χ4v) is 1.69. The summed E-state index contributed by atoms with van der Waals surface area (Å²) in [4.78, 5) is 26.4. The number of hydrogen-bond donors (Lipinski definition) is 2. The van der Waals surface area contributed by atoms with E-state index in [2.05, 4.69) is 10.3 Å². The van der Waals surface area contributed by atoms with Crippen molar-refractivity contribution in [3.63, 3.8) is 0 Å². The fourth-order valence-electron chi connectivity index (χ4n) is 1.69. The van der Waals surface area contributed by atoms with Gasteiger partial charge < -0.3 is 10.4 Å². The zero-order valence-electron chi connectivity index (χ0n) is 9.09. The molecule has 17 heavy (non-hydrogen) atoms. The maximum atomic E-state index is 11.8. The summed E-state index contributed by atoms with van der Waals surface area (Å²) in [7, 11) is 0. The van der Waals surface area contributed by atoms with Crippen LogP contribution in [0.1, 0.15) is 23.2 Å². The molecule has 2 rings (SSSR count). The van der Waals surface area contributed by atoms with E-state index >= 15 is 0 Å². The molecule has 0 spiro atoms. The van der Waals surface area contributed by atoms with Gasteiger partial charge in [0, 0.05) is 12.1 Å². The second kappa shape index (κ2) is 4.78. The third kappa shape index (κ3) is 2.69. The minimum atomic E-state index is -1.04. The van der Waals surface area contributed by atoms with Crippen molar-refractivity contribution in [3.8, 4) is 0 Å². The molecule has 1 aromatic rings. The molecule has 0 saturated carbocycles. The normalized spacial score (nSPS) is 14.8. The molecule has 88 valence electrons. The summed E-state index contributed by atoms with van der Waals surface area (Å²) < 4.78 is 0. The molecule has 0 unspecified atom stereocenters. The Hall–Kier alpha value is -2.17. The summed E-state index contributed by atoms with van der Waals surface area (Å²) in [6, 6.07) is 2.73. The van der Waals surface area contributed by atoms with Gasteiger partial charge in [-0.3, -0.25) is 4.79 Å². The van der Waals surface area contributed by atoms with Gasteiger partial charge in [-0.25, -0.2) is 9.78 Å². The molecule has 1 amide bonds. The summed E-state index contributed by atoms with van der Waals surface area (Å²) in [5.41, 5.74) is 0.111. The number of carboxylic acid groups (broad SMARTS) is 1. The van der Waals surface area contributed by atoms with Crippen LogP contribution in [0.25, 0.3) is 0 Å². The van der Waals surface area contributed by atoms with Gasteiger partial charge in [0.15, 0.2) is 0 Å². The first-order valence-electron chi connectivity index (χ1n) is 5.32. The number of carboxylic acids is 1. The smallest absolute Gasteiger partial charge is 0.335 e. The van der Waals surface area contributed by atoms with E-state index in [0.717, 1.165) is 12.8 Å². The van der Waals surface area contributed by atoms with Crippen LogP contribution in [0.2, 0.25) is 0 Å². The Balaban J connectivity index is 2.05. The first kappa shape index (κ1) is 11.3. The van der Waals surface area contributed by atoms with Crippen molar-refractivity contribution in [3.05, 3.63) is 36.0 Å². The predicted octanol–water partition coefficient (Wildman–Crippen LogP) is 1.68. The van der Waals surface area contributed by atoms with E-state index in [4.69, 9.17) is 5.11 Å². The highest BCUT2D eigenvalue weighted by atomic mass is 16.4. The summed E-state index contributed by atoms with van der Waals surface area (Å²) in [6.07, 6.45) is 6.75. The highest BCUT2D eigenvalue weighted by Gasteiger charge is 2.19. The van der Waals surface area contributed by atoms with Crippen molar-refractivity contribution in [1.29, 1.82) is 0 Å². The number of anilines is 1. The van der Waals surface area contributed by atoms with E-state index in [-0.39, 0.29) is 23.2 Å². The van der Waals surface area contributed by atoms with Gasteiger partial charge in [0.2, 0.25) is 5.91 Å². The van der Waals surface area contributed by atoms with E-state index in [1.165, 1.54) is 18.3 Å². The lowest BCUT2D eigenvalue weighted by Crippen LogP contribution is -2.21. The highest BCUT2D eigenvalue weighted by molar-refractivity contribution is 5.94. The molecule has 0 aromatic carbocycles. The summed E-state index contributed by atoms with van der Waals surface area (Å²) in [6.45, 7) is 0. The number of aromatic carboxylic acids is 1. The summed E-state index contributed by atoms with van der Waals surface area (Å²) in [5.74, 6) is -0.942. The molecule has 1 aliphatic rings. The number of carbonyl (C=O) groups is 2. The first-order valence-corrected chi connectivity index (χ1v) is 5.32. The van der Waals surface area contributed by atoms with Crippen LogP contribution in [0.15, 0.2) is 30.5 Å². The number of pyridine rings is 1. The van der Waals surface area contributed by atoms with Gasteiger partial charge in [0.1, 0.15) is 5.82 Å². The predicted molar refractivity (Wildman–Crippen MR) is 61.7 cm³/mol. The molecule has 0 aliphatic heterocycles. The van der Waals surface area contributed by atoms with Crippen LogP contribution in [0.5, 0.6) is 0 Å². The van der Waals surface area contributed by atoms with Crippen molar-refractivity contribution in [2.75, 3.05) is 5.32 Å². The molecule has 0 bridgehead atoms. The van der Waals surface area contributed by atoms with Crippen molar-refractivity contribution >= 4 is 17.7 Å². The van der Waals surface area contributed by atoms with E-state index in [9.17, 15) is 9.59 Å². The van der Waals surface area contributed by atoms with E-state index in [1.54, 1.807) is 0 Å². The first-order chi connectivity index (χ1) is 8.16. The van der Waals surface area contributed by atoms with Gasteiger partial charge in [-0.2, -0.15) is 0 Å². The second-order valence-electron chi connectivity index (χ2n) is 3.86. The average Bonchev–Trinajstić information content (AvgIpc) is 2.82. The Morgan fingerprint density at radius 1 is 1.35 bits per heavy atom. The highest BCUT2D eigenvalue weighted by Crippen LogP contribution is 2.19. The maximum absolute atomic E-state index is 11.8. The molecular formula is C12H12N2O3. The maximum Gasteiger partial charge on any atom is 0.335 e. The molecule has 0 radical (unpaired) electrons. The Labute approximate surface area is 98.2 Å². The minimum Gasteiger partial charge on any atom is -0.478 e. The molecule has 0 saturated heterocycles. The Morgan fingerprint density at radius 2 is 2.06 bits per heavy atom. The molecule has 1 heterocycles. The fraction of sp³-hybridized carbons (Fsp3) is 0.250. The number of allylic oxidation sites excluding steroid dienone is 2. The number of aromatic nitrogens is 1. The second-order valence-corrected chi connectivity index (χ2v) is 3.86. The largest absolute Gasteiger partial charge is 0.478 e. The number of carbonyl (C=O) groups excluding carboxylic acids is 1. The lowest BCUT2D eigenvalue weighted by molar-refractivity contribution is -0.119. The Morgan fingerprint density at radius 3 is 2.71 bits per heavy atom. The van der Waals surface area contributed by atoms with Crippen molar-refractivity contribution in [2.45, 2.75) is 12.8 Å². The van der Waals surface area contributed by atoms with Crippen LogP contribution in [0.3, 0.4) is 0 Å². The third-order valence-corrected chi connectivity index (χ3v) is 2.64. The summed E-state index contributed by atoms with van der Waals surface area (Å²) in [5, 5.41) is 11.4. The summed E-state index contributed by atoms with van der Waals surface area (Å²) >= 11 is 0. The van der Waals surface area contributed by atoms with Crippen molar-refractivity contribution in [2.24, 2.45) is 5.92 Å². The number of nitrogens with one attached hydrogen (secondary N) is 1. The molecule has 5 heteroatoms. The van der Waals surface area contributed by atoms with E-state index in [0.29, 0.717) is 0 Å². The zero-order chi connectivity index (χ0) is 12.3. The quantitative estimate of drug-likeness (QED) is 0.777. The van der Waals surface area contributed by atoms with Gasteiger partial charge in [-0.05, 0) is 25.0 Å². The van der Waals surface area contributed by atoms with Crippen molar-refractivity contribution < 1.29 is 14.7 Å². The molecule has 2 N–H and O–H groups in total. The van der Waals surface area contributed by atoms with Crippen LogP contribution >= 0.6 is 0 Å². The Bertz CT molecular complexity index is 474. The lowest BCUT2D eigenvalue weighted by atomic mass is 10.1. The number of rotatable bonds is 3. The van der Waals surface area contributed by atoms with Gasteiger partial charge in [0.25, 0.3) is 0 Å². The van der Waals surface area contributed by atoms with Gasteiger partial charge >= 0.3 is 5.97 Å². The van der Waals surface area contributed by atoms with Gasteiger partial charge in [-0.1, -0.05) is 12.2 Å². The molecule has 0 atom stereocenters. The monoisotopic (exact) mass is 232 g/mol. The SMILES string of the molecule is O=C(O)c1ccnc(NC(=O)C2CC=CC2)c1. The van der Waals surface area contributed by atoms with Crippen LogP contribution in [-0.4, -0.2) is 22.0 Å². The van der Waals surface area contributed by atoms with Crippen LogP contribution in [0, 0.1) is 5.92 Å². The van der Waals surface area contributed by atoms with Crippen molar-refractivity contribution in [1.82, 2.24) is 4.98 Å². The van der Waals surface area contributed by atoms with E-state index < -0.39 is 5.97 Å². The zero-order valence-corrected chi connectivity index (χ0v) is 9.09. The van der Waals surface area contributed by atoms with Crippen LogP contribution in [-0.2, 0) is 4.79 Å². The van der Waals surface area contributed by atoms with Gasteiger partial charge in [0.05, 0.1) is 5.56 Å². The minimum absolute atomic E-state index is 0.0646.